The molecule has 1 aromatic carbocycles. The lowest BCUT2D eigenvalue weighted by Crippen LogP contribution is -2.29. The van der Waals surface area contributed by atoms with Crippen LogP contribution in [0, 0.1) is 0 Å². The fourth-order valence-corrected chi connectivity index (χ4v) is 2.80. The zero-order valence-corrected chi connectivity index (χ0v) is 12.4. The maximum atomic E-state index is 5.86. The Hall–Kier alpha value is -2.01. The molecule has 0 unspecified atom stereocenters. The van der Waals surface area contributed by atoms with Crippen molar-refractivity contribution in [3.63, 3.8) is 0 Å². The van der Waals surface area contributed by atoms with Crippen molar-refractivity contribution in [3.8, 4) is 0 Å². The number of nitrogens with two attached hydrogens (primary N) is 1. The zero-order chi connectivity index (χ0) is 14.1. The topological polar surface area (TPSA) is 55.3 Å². The highest BCUT2D eigenvalue weighted by Crippen LogP contribution is 2.27. The van der Waals surface area contributed by atoms with Gasteiger partial charge >= 0.3 is 0 Å². The van der Waals surface area contributed by atoms with Crippen molar-refractivity contribution in [1.29, 1.82) is 0 Å². The molecule has 2 heterocycles. The van der Waals surface area contributed by atoms with Gasteiger partial charge in [-0.1, -0.05) is 6.07 Å². The van der Waals surface area contributed by atoms with Gasteiger partial charge in [0, 0.05) is 22.7 Å². The Labute approximate surface area is 121 Å². The van der Waals surface area contributed by atoms with Crippen molar-refractivity contribution >= 4 is 34.1 Å². The second kappa shape index (κ2) is 5.17. The van der Waals surface area contributed by atoms with Gasteiger partial charge < -0.3 is 15.1 Å². The van der Waals surface area contributed by atoms with Gasteiger partial charge in [0.15, 0.2) is 5.58 Å². The normalized spacial score (nSPS) is 11.3. The predicted octanol–water partition coefficient (Wildman–Crippen LogP) is 3.89. The summed E-state index contributed by atoms with van der Waals surface area (Å²) in [6.07, 6.45) is 0. The first-order valence-electron chi connectivity index (χ1n) is 6.58. The quantitative estimate of drug-likeness (QED) is 0.740. The van der Waals surface area contributed by atoms with Crippen LogP contribution in [0.5, 0.6) is 0 Å². The van der Waals surface area contributed by atoms with Crippen molar-refractivity contribution in [2.45, 2.75) is 26.4 Å². The van der Waals surface area contributed by atoms with Crippen LogP contribution in [0.4, 0.5) is 11.7 Å². The van der Waals surface area contributed by atoms with Gasteiger partial charge in [-0.05, 0) is 37.4 Å². The Morgan fingerprint density at radius 2 is 2.20 bits per heavy atom. The second-order valence-electron chi connectivity index (χ2n) is 5.02. The van der Waals surface area contributed by atoms with Crippen LogP contribution in [-0.4, -0.2) is 11.0 Å². The molecule has 5 heteroatoms. The molecule has 0 aliphatic rings. The van der Waals surface area contributed by atoms with Crippen molar-refractivity contribution in [1.82, 2.24) is 4.98 Å². The summed E-state index contributed by atoms with van der Waals surface area (Å²) in [5.74, 6) is 0. The van der Waals surface area contributed by atoms with Crippen LogP contribution >= 0.6 is 11.3 Å². The van der Waals surface area contributed by atoms with Crippen molar-refractivity contribution in [2.24, 2.45) is 0 Å². The third-order valence-electron chi connectivity index (χ3n) is 3.18. The van der Waals surface area contributed by atoms with Crippen LogP contribution in [0.2, 0.25) is 0 Å². The number of hydrogen-bond donors (Lipinski definition) is 1. The van der Waals surface area contributed by atoms with E-state index in [9.17, 15) is 0 Å². The lowest BCUT2D eigenvalue weighted by atomic mass is 10.3. The molecule has 0 aliphatic heterocycles. The van der Waals surface area contributed by atoms with Crippen LogP contribution in [0.1, 0.15) is 18.7 Å². The first-order chi connectivity index (χ1) is 9.63. The number of nitrogen functional groups attached to an aromatic ring is 1. The van der Waals surface area contributed by atoms with E-state index in [0.717, 1.165) is 17.6 Å². The van der Waals surface area contributed by atoms with Crippen LogP contribution in [0.15, 0.2) is 40.1 Å². The van der Waals surface area contributed by atoms with Gasteiger partial charge in [0.1, 0.15) is 5.52 Å². The fourth-order valence-electron chi connectivity index (χ4n) is 2.09. The summed E-state index contributed by atoms with van der Waals surface area (Å²) in [4.78, 5) is 8.01. The first-order valence-corrected chi connectivity index (χ1v) is 7.46. The molecule has 0 radical (unpaired) electrons. The third kappa shape index (κ3) is 2.49. The molecule has 0 aliphatic carbocycles. The average molecular weight is 287 g/mol. The number of oxazole rings is 1. The Morgan fingerprint density at radius 1 is 1.35 bits per heavy atom. The molecule has 4 nitrogen and oxygen atoms in total. The summed E-state index contributed by atoms with van der Waals surface area (Å²) >= 11 is 1.74. The number of anilines is 2. The van der Waals surface area contributed by atoms with Crippen molar-refractivity contribution in [2.75, 3.05) is 10.6 Å². The summed E-state index contributed by atoms with van der Waals surface area (Å²) in [6, 6.07) is 10.7. The SMILES string of the molecule is CC(C)N(Cc1cccs1)c1nc2ccc(N)cc2o1. The standard InChI is InChI=1S/C15H17N3OS/c1-10(2)18(9-12-4-3-7-20-12)15-17-13-6-5-11(16)8-14(13)19-15/h3-8,10H,9,16H2,1-2H3. The van der Waals surface area contributed by atoms with Gasteiger partial charge in [-0.2, -0.15) is 4.98 Å². The smallest absolute Gasteiger partial charge is 0.298 e. The summed E-state index contributed by atoms with van der Waals surface area (Å²) < 4.78 is 5.86. The molecule has 3 aromatic rings. The van der Waals surface area contributed by atoms with Crippen LogP contribution in [0.25, 0.3) is 11.1 Å². The zero-order valence-electron chi connectivity index (χ0n) is 11.5. The molecule has 0 bridgehead atoms. The molecule has 0 fully saturated rings. The highest BCUT2D eigenvalue weighted by Gasteiger charge is 2.18. The Balaban J connectivity index is 1.96. The lowest BCUT2D eigenvalue weighted by Gasteiger charge is -2.24. The summed E-state index contributed by atoms with van der Waals surface area (Å²) in [5.41, 5.74) is 8.04. The molecular formula is C15H17N3OS. The minimum atomic E-state index is 0.308. The van der Waals surface area contributed by atoms with Gasteiger partial charge in [-0.15, -0.1) is 11.3 Å². The molecule has 0 saturated heterocycles. The number of hydrogen-bond acceptors (Lipinski definition) is 5. The summed E-state index contributed by atoms with van der Waals surface area (Å²) in [7, 11) is 0. The molecule has 0 spiro atoms. The van der Waals surface area contributed by atoms with Gasteiger partial charge in [-0.25, -0.2) is 0 Å². The number of thiophene rings is 1. The summed E-state index contributed by atoms with van der Waals surface area (Å²) in [5, 5.41) is 2.08. The Kier molecular flexibility index (Phi) is 3.36. The molecule has 104 valence electrons. The Bertz CT molecular complexity index is 703. The van der Waals surface area contributed by atoms with E-state index < -0.39 is 0 Å². The molecular weight excluding hydrogens is 270 g/mol. The van der Waals surface area contributed by atoms with Crippen LogP contribution in [0.3, 0.4) is 0 Å². The fraction of sp³-hybridized carbons (Fsp3) is 0.267. The van der Waals surface area contributed by atoms with E-state index in [4.69, 9.17) is 10.2 Å². The highest BCUT2D eigenvalue weighted by molar-refractivity contribution is 7.09. The average Bonchev–Trinajstić information content (AvgIpc) is 3.03. The summed E-state index contributed by atoms with van der Waals surface area (Å²) in [6.45, 7) is 5.07. The first kappa shape index (κ1) is 13.0. The van der Waals surface area contributed by atoms with Crippen molar-refractivity contribution in [3.05, 3.63) is 40.6 Å². The van der Waals surface area contributed by atoms with Crippen molar-refractivity contribution < 1.29 is 4.42 Å². The largest absolute Gasteiger partial charge is 0.423 e. The molecule has 2 aromatic heterocycles. The minimum absolute atomic E-state index is 0.308. The molecule has 0 saturated carbocycles. The van der Waals surface area contributed by atoms with E-state index >= 15 is 0 Å². The minimum Gasteiger partial charge on any atom is -0.423 e. The highest BCUT2D eigenvalue weighted by atomic mass is 32.1. The van der Waals surface area contributed by atoms with E-state index in [1.165, 1.54) is 4.88 Å². The molecule has 0 atom stereocenters. The van der Waals surface area contributed by atoms with Gasteiger partial charge in [0.25, 0.3) is 6.01 Å². The number of benzene rings is 1. The second-order valence-corrected chi connectivity index (χ2v) is 6.06. The maximum Gasteiger partial charge on any atom is 0.298 e. The predicted molar refractivity (Wildman–Crippen MR) is 84.1 cm³/mol. The maximum absolute atomic E-state index is 5.86. The van der Waals surface area contributed by atoms with E-state index in [-0.39, 0.29) is 0 Å². The van der Waals surface area contributed by atoms with Crippen LogP contribution in [-0.2, 0) is 6.54 Å². The third-order valence-corrected chi connectivity index (χ3v) is 4.04. The lowest BCUT2D eigenvalue weighted by molar-refractivity contribution is 0.537. The number of fused-ring (bicyclic) bond motifs is 1. The van der Waals surface area contributed by atoms with Gasteiger partial charge in [0.2, 0.25) is 0 Å². The number of nitrogens with zero attached hydrogens (tertiary/aromatic N) is 2. The van der Waals surface area contributed by atoms with Crippen LogP contribution < -0.4 is 10.6 Å². The molecule has 3 rings (SSSR count). The molecule has 20 heavy (non-hydrogen) atoms. The van der Waals surface area contributed by atoms with E-state index in [2.05, 4.69) is 41.2 Å². The van der Waals surface area contributed by atoms with E-state index in [0.29, 0.717) is 17.7 Å². The number of aromatic nitrogens is 1. The number of rotatable bonds is 4. The molecule has 0 amide bonds. The molecule has 2 N–H and O–H groups in total. The Morgan fingerprint density at radius 3 is 2.90 bits per heavy atom. The monoisotopic (exact) mass is 287 g/mol. The van der Waals surface area contributed by atoms with E-state index in [1.54, 1.807) is 11.3 Å². The van der Waals surface area contributed by atoms with E-state index in [1.807, 2.05) is 18.2 Å². The van der Waals surface area contributed by atoms with Gasteiger partial charge in [0.05, 0.1) is 6.54 Å². The van der Waals surface area contributed by atoms with Gasteiger partial charge in [-0.3, -0.25) is 0 Å².